The molecule has 0 aliphatic heterocycles. The van der Waals surface area contributed by atoms with Gasteiger partial charge in [0.2, 0.25) is 0 Å². The van der Waals surface area contributed by atoms with Crippen LogP contribution in [-0.4, -0.2) is 9.49 Å². The highest BCUT2D eigenvalue weighted by Gasteiger charge is 2.14. The largest absolute Gasteiger partial charge is 0.374 e. The van der Waals surface area contributed by atoms with Crippen LogP contribution in [0.3, 0.4) is 0 Å². The summed E-state index contributed by atoms with van der Waals surface area (Å²) in [5, 5.41) is 14.4. The number of benzene rings is 1. The molecule has 0 saturated carbocycles. The van der Waals surface area contributed by atoms with Gasteiger partial charge in [-0.2, -0.15) is 0 Å². The molecule has 5 nitrogen and oxygen atoms in total. The Kier molecular flexibility index (Phi) is 4.06. The molecule has 0 spiro atoms. The number of anilines is 1. The summed E-state index contributed by atoms with van der Waals surface area (Å²) < 4.78 is 2.08. The summed E-state index contributed by atoms with van der Waals surface area (Å²) in [5.41, 5.74) is 1.53. The number of hydrogen-bond acceptors (Lipinski definition) is 3. The second kappa shape index (κ2) is 5.75. The number of aryl methyl sites for hydroxylation is 1. The topological polar surface area (TPSA) is 60.1 Å². The second-order valence-corrected chi connectivity index (χ2v) is 4.49. The van der Waals surface area contributed by atoms with Crippen LogP contribution in [0, 0.1) is 10.1 Å². The van der Waals surface area contributed by atoms with E-state index < -0.39 is 4.92 Å². The molecule has 1 aromatic heterocycles. The summed E-state index contributed by atoms with van der Waals surface area (Å²) in [7, 11) is 0. The number of nitrogens with one attached hydrogen (secondary N) is 1. The number of nitrogens with zero attached hydrogens (tertiary/aromatic N) is 2. The molecule has 0 aliphatic carbocycles. The van der Waals surface area contributed by atoms with Gasteiger partial charge in [-0.3, -0.25) is 10.1 Å². The van der Waals surface area contributed by atoms with E-state index in [0.717, 1.165) is 12.2 Å². The summed E-state index contributed by atoms with van der Waals surface area (Å²) in [5.74, 6) is 0. The van der Waals surface area contributed by atoms with Gasteiger partial charge in [0.25, 0.3) is 5.69 Å². The van der Waals surface area contributed by atoms with Crippen LogP contribution in [-0.2, 0) is 13.1 Å². The Hall–Kier alpha value is -2.01. The molecule has 1 heterocycles. The summed E-state index contributed by atoms with van der Waals surface area (Å²) in [4.78, 5) is 10.5. The fourth-order valence-corrected chi connectivity index (χ4v) is 2.08. The molecule has 0 atom stereocenters. The van der Waals surface area contributed by atoms with Gasteiger partial charge in [0.15, 0.2) is 0 Å². The van der Waals surface area contributed by atoms with E-state index in [1.165, 1.54) is 6.07 Å². The summed E-state index contributed by atoms with van der Waals surface area (Å²) in [6, 6.07) is 8.55. The Balaban J connectivity index is 2.18. The Morgan fingerprint density at radius 3 is 2.89 bits per heavy atom. The van der Waals surface area contributed by atoms with Gasteiger partial charge < -0.3 is 9.88 Å². The quantitative estimate of drug-likeness (QED) is 0.671. The Morgan fingerprint density at radius 1 is 1.42 bits per heavy atom. The fourth-order valence-electron chi connectivity index (χ4n) is 1.91. The minimum Gasteiger partial charge on any atom is -0.374 e. The van der Waals surface area contributed by atoms with Crippen molar-refractivity contribution in [2.24, 2.45) is 0 Å². The summed E-state index contributed by atoms with van der Waals surface area (Å²) >= 11 is 5.77. The first-order valence-electron chi connectivity index (χ1n) is 5.93. The standard InChI is InChI=1S/C13H14ClN3O2/c1-2-16-7-3-4-11(16)9-15-12-6-5-10(14)8-13(12)17(18)19/h3-8,15H,2,9H2,1H3. The number of aromatic nitrogens is 1. The molecule has 100 valence electrons. The third kappa shape index (κ3) is 3.06. The maximum Gasteiger partial charge on any atom is 0.293 e. The minimum atomic E-state index is -0.437. The number of nitro groups is 1. The van der Waals surface area contributed by atoms with Crippen molar-refractivity contribution in [3.63, 3.8) is 0 Å². The van der Waals surface area contributed by atoms with E-state index >= 15 is 0 Å². The van der Waals surface area contributed by atoms with Gasteiger partial charge in [0.1, 0.15) is 5.69 Å². The van der Waals surface area contributed by atoms with Crippen LogP contribution in [0.2, 0.25) is 5.02 Å². The second-order valence-electron chi connectivity index (χ2n) is 4.06. The molecule has 2 rings (SSSR count). The lowest BCUT2D eigenvalue weighted by molar-refractivity contribution is -0.383. The highest BCUT2D eigenvalue weighted by molar-refractivity contribution is 6.30. The predicted molar refractivity (Wildman–Crippen MR) is 75.5 cm³/mol. The molecule has 19 heavy (non-hydrogen) atoms. The van der Waals surface area contributed by atoms with E-state index in [0.29, 0.717) is 17.3 Å². The lowest BCUT2D eigenvalue weighted by Gasteiger charge is -2.09. The molecular formula is C13H14ClN3O2. The van der Waals surface area contributed by atoms with Gasteiger partial charge in [0.05, 0.1) is 11.5 Å². The molecule has 6 heteroatoms. The SMILES string of the molecule is CCn1cccc1CNc1ccc(Cl)cc1[N+](=O)[O-]. The predicted octanol–water partition coefficient (Wildman–Crippen LogP) is 3.68. The zero-order valence-electron chi connectivity index (χ0n) is 10.5. The Bertz CT molecular complexity index is 595. The van der Waals surface area contributed by atoms with Crippen LogP contribution in [0.5, 0.6) is 0 Å². The third-order valence-corrected chi connectivity index (χ3v) is 3.12. The minimum absolute atomic E-state index is 0.0119. The van der Waals surface area contributed by atoms with Crippen molar-refractivity contribution < 1.29 is 4.92 Å². The van der Waals surface area contributed by atoms with Crippen molar-refractivity contribution in [3.05, 3.63) is 57.4 Å². The molecule has 0 unspecified atom stereocenters. The van der Waals surface area contributed by atoms with Gasteiger partial charge >= 0.3 is 0 Å². The van der Waals surface area contributed by atoms with Gasteiger partial charge in [-0.1, -0.05) is 11.6 Å². The van der Waals surface area contributed by atoms with Crippen LogP contribution < -0.4 is 5.32 Å². The maximum atomic E-state index is 11.0. The van der Waals surface area contributed by atoms with Crippen LogP contribution in [0.1, 0.15) is 12.6 Å². The average Bonchev–Trinajstić information content (AvgIpc) is 2.84. The van der Waals surface area contributed by atoms with Crippen LogP contribution in [0.15, 0.2) is 36.5 Å². The molecule has 0 saturated heterocycles. The van der Waals surface area contributed by atoms with Crippen LogP contribution >= 0.6 is 11.6 Å². The normalized spacial score (nSPS) is 10.4. The first kappa shape index (κ1) is 13.4. The lowest BCUT2D eigenvalue weighted by Crippen LogP contribution is -2.07. The van der Waals surface area contributed by atoms with Crippen LogP contribution in [0.25, 0.3) is 0 Å². The summed E-state index contributed by atoms with van der Waals surface area (Å²) in [6.07, 6.45) is 1.98. The number of nitro benzene ring substituents is 1. The third-order valence-electron chi connectivity index (χ3n) is 2.88. The molecule has 0 amide bonds. The van der Waals surface area contributed by atoms with Crippen molar-refractivity contribution in [3.8, 4) is 0 Å². The number of halogens is 1. The van der Waals surface area contributed by atoms with E-state index in [4.69, 9.17) is 11.6 Å². The Morgan fingerprint density at radius 2 is 2.21 bits per heavy atom. The molecule has 0 aliphatic rings. The first-order valence-corrected chi connectivity index (χ1v) is 6.31. The van der Waals surface area contributed by atoms with Gasteiger partial charge in [-0.15, -0.1) is 0 Å². The van der Waals surface area contributed by atoms with E-state index in [2.05, 4.69) is 9.88 Å². The van der Waals surface area contributed by atoms with Crippen molar-refractivity contribution in [2.75, 3.05) is 5.32 Å². The van der Waals surface area contributed by atoms with E-state index in [-0.39, 0.29) is 5.69 Å². The van der Waals surface area contributed by atoms with Gasteiger partial charge in [-0.25, -0.2) is 0 Å². The van der Waals surface area contributed by atoms with E-state index in [1.807, 2.05) is 25.3 Å². The van der Waals surface area contributed by atoms with Crippen molar-refractivity contribution in [1.29, 1.82) is 0 Å². The monoisotopic (exact) mass is 279 g/mol. The molecule has 1 aromatic carbocycles. The highest BCUT2D eigenvalue weighted by atomic mass is 35.5. The first-order chi connectivity index (χ1) is 9.11. The lowest BCUT2D eigenvalue weighted by atomic mass is 10.2. The molecule has 1 N–H and O–H groups in total. The van der Waals surface area contributed by atoms with Crippen molar-refractivity contribution in [2.45, 2.75) is 20.0 Å². The van der Waals surface area contributed by atoms with Gasteiger partial charge in [0, 0.05) is 29.5 Å². The van der Waals surface area contributed by atoms with E-state index in [9.17, 15) is 10.1 Å². The van der Waals surface area contributed by atoms with Gasteiger partial charge in [-0.05, 0) is 31.2 Å². The van der Waals surface area contributed by atoms with Crippen molar-refractivity contribution in [1.82, 2.24) is 4.57 Å². The molecule has 0 bridgehead atoms. The molecule has 2 aromatic rings. The number of rotatable bonds is 5. The van der Waals surface area contributed by atoms with Crippen LogP contribution in [0.4, 0.5) is 11.4 Å². The zero-order valence-corrected chi connectivity index (χ0v) is 11.2. The summed E-state index contributed by atoms with van der Waals surface area (Å²) in [6.45, 7) is 3.45. The Labute approximate surface area is 116 Å². The van der Waals surface area contributed by atoms with Crippen molar-refractivity contribution >= 4 is 23.0 Å². The van der Waals surface area contributed by atoms with E-state index in [1.54, 1.807) is 12.1 Å². The average molecular weight is 280 g/mol. The fraction of sp³-hybridized carbons (Fsp3) is 0.231. The highest BCUT2D eigenvalue weighted by Crippen LogP contribution is 2.28. The molecule has 0 fully saturated rings. The number of hydrogen-bond donors (Lipinski definition) is 1. The molecule has 0 radical (unpaired) electrons. The maximum absolute atomic E-state index is 11.0. The smallest absolute Gasteiger partial charge is 0.293 e. The molecular weight excluding hydrogens is 266 g/mol. The zero-order chi connectivity index (χ0) is 13.8.